The number of unbranched alkanes of at least 4 members (excludes halogenated alkanes) is 8. The molecule has 0 heterocycles. The van der Waals surface area contributed by atoms with E-state index in [4.69, 9.17) is 9.47 Å². The fourth-order valence-corrected chi connectivity index (χ4v) is 3.96. The molecule has 2 rings (SSSR count). The topological polar surface area (TPSA) is 52.6 Å². The van der Waals surface area contributed by atoms with E-state index in [0.717, 1.165) is 60.4 Å². The summed E-state index contributed by atoms with van der Waals surface area (Å²) in [6.45, 7) is 8.21. The fraction of sp³-hybridized carbons (Fsp3) is 0.571. The predicted molar refractivity (Wildman–Crippen MR) is 131 cm³/mol. The summed E-state index contributed by atoms with van der Waals surface area (Å²) in [7, 11) is 0. The van der Waals surface area contributed by atoms with E-state index in [2.05, 4.69) is 13.8 Å². The third kappa shape index (κ3) is 7.65. The number of rotatable bonds is 14. The highest BCUT2D eigenvalue weighted by atomic mass is 16.5. The van der Waals surface area contributed by atoms with E-state index in [1.807, 2.05) is 38.1 Å². The van der Waals surface area contributed by atoms with E-state index >= 15 is 0 Å². The smallest absolute Gasteiger partial charge is 0.311 e. The van der Waals surface area contributed by atoms with Gasteiger partial charge >= 0.3 is 11.9 Å². The Labute approximate surface area is 193 Å². The Kier molecular flexibility index (Phi) is 11.3. The van der Waals surface area contributed by atoms with Gasteiger partial charge in [0.1, 0.15) is 11.5 Å². The van der Waals surface area contributed by atoms with Crippen LogP contribution in [0.3, 0.4) is 0 Å². The van der Waals surface area contributed by atoms with Crippen LogP contribution in [0.15, 0.2) is 24.3 Å². The van der Waals surface area contributed by atoms with Crippen molar-refractivity contribution >= 4 is 22.7 Å². The lowest BCUT2D eigenvalue weighted by Crippen LogP contribution is -2.12. The molecular formula is C28H40O4. The van der Waals surface area contributed by atoms with Crippen molar-refractivity contribution < 1.29 is 19.1 Å². The maximum Gasteiger partial charge on any atom is 0.311 e. The number of hydrogen-bond donors (Lipinski definition) is 0. The number of benzene rings is 2. The zero-order valence-electron chi connectivity index (χ0n) is 20.4. The van der Waals surface area contributed by atoms with Crippen LogP contribution in [0.25, 0.3) is 10.8 Å². The average molecular weight is 441 g/mol. The molecule has 0 radical (unpaired) electrons. The molecule has 0 aliphatic heterocycles. The van der Waals surface area contributed by atoms with Gasteiger partial charge in [0.15, 0.2) is 0 Å². The zero-order chi connectivity index (χ0) is 23.3. The Morgan fingerprint density at radius 1 is 0.625 bits per heavy atom. The van der Waals surface area contributed by atoms with Gasteiger partial charge in [-0.25, -0.2) is 0 Å². The summed E-state index contributed by atoms with van der Waals surface area (Å²) in [5.74, 6) is 0.754. The fourth-order valence-electron chi connectivity index (χ4n) is 3.96. The minimum atomic E-state index is -0.203. The van der Waals surface area contributed by atoms with Gasteiger partial charge in [0.05, 0.1) is 0 Å². The van der Waals surface area contributed by atoms with Crippen molar-refractivity contribution in [2.75, 3.05) is 0 Å². The molecule has 0 saturated heterocycles. The van der Waals surface area contributed by atoms with Crippen LogP contribution in [0.4, 0.5) is 0 Å². The van der Waals surface area contributed by atoms with Crippen LogP contribution >= 0.6 is 0 Å². The van der Waals surface area contributed by atoms with E-state index in [9.17, 15) is 9.59 Å². The zero-order valence-corrected chi connectivity index (χ0v) is 20.4. The number of carbonyl (C=O) groups is 2. The molecule has 4 heteroatoms. The van der Waals surface area contributed by atoms with E-state index in [1.54, 1.807) is 0 Å². The molecular weight excluding hydrogens is 400 g/mol. The summed E-state index contributed by atoms with van der Waals surface area (Å²) in [6, 6.07) is 7.68. The Morgan fingerprint density at radius 3 is 1.38 bits per heavy atom. The van der Waals surface area contributed by atoms with Crippen molar-refractivity contribution in [1.82, 2.24) is 0 Å². The summed E-state index contributed by atoms with van der Waals surface area (Å²) >= 11 is 0. The van der Waals surface area contributed by atoms with E-state index < -0.39 is 0 Å². The maximum atomic E-state index is 12.5. The molecule has 0 aromatic heterocycles. The van der Waals surface area contributed by atoms with Gasteiger partial charge in [-0.1, -0.05) is 89.5 Å². The van der Waals surface area contributed by atoms with Gasteiger partial charge in [-0.3, -0.25) is 9.59 Å². The molecule has 2 aromatic rings. The van der Waals surface area contributed by atoms with Crippen molar-refractivity contribution in [3.05, 3.63) is 35.4 Å². The minimum Gasteiger partial charge on any atom is -0.426 e. The summed E-state index contributed by atoms with van der Waals surface area (Å²) in [6.07, 6.45) is 11.7. The van der Waals surface area contributed by atoms with Crippen molar-refractivity contribution in [3.63, 3.8) is 0 Å². The monoisotopic (exact) mass is 440 g/mol. The van der Waals surface area contributed by atoms with Gasteiger partial charge in [-0.15, -0.1) is 0 Å². The van der Waals surface area contributed by atoms with Crippen molar-refractivity contribution in [2.45, 2.75) is 105 Å². The molecule has 0 amide bonds. The van der Waals surface area contributed by atoms with Crippen LogP contribution in [0, 0.1) is 13.8 Å². The number of fused-ring (bicyclic) bond motifs is 1. The molecule has 176 valence electrons. The first-order valence-corrected chi connectivity index (χ1v) is 12.4. The molecule has 0 bridgehead atoms. The minimum absolute atomic E-state index is 0.203. The van der Waals surface area contributed by atoms with Crippen molar-refractivity contribution in [2.24, 2.45) is 0 Å². The van der Waals surface area contributed by atoms with E-state index in [0.29, 0.717) is 24.3 Å². The molecule has 2 aromatic carbocycles. The van der Waals surface area contributed by atoms with Crippen molar-refractivity contribution in [3.8, 4) is 11.5 Å². The first-order chi connectivity index (χ1) is 15.5. The SMILES string of the molecule is CCCCCCCC(=O)Oc1c(C)c(C)c(OC(=O)CCCCCCC)c2ccccc12. The number of carbonyl (C=O) groups excluding carboxylic acids is 2. The van der Waals surface area contributed by atoms with Crippen LogP contribution in [0.2, 0.25) is 0 Å². The highest BCUT2D eigenvalue weighted by molar-refractivity contribution is 5.98. The first-order valence-electron chi connectivity index (χ1n) is 12.4. The summed E-state index contributed by atoms with van der Waals surface area (Å²) < 4.78 is 11.7. The number of esters is 2. The average Bonchev–Trinajstić information content (AvgIpc) is 2.79. The van der Waals surface area contributed by atoms with Gasteiger partial charge in [-0.05, 0) is 37.8 Å². The quantitative estimate of drug-likeness (QED) is 0.170. The highest BCUT2D eigenvalue weighted by Crippen LogP contribution is 2.40. The Hall–Kier alpha value is -2.36. The Morgan fingerprint density at radius 2 is 1.00 bits per heavy atom. The van der Waals surface area contributed by atoms with E-state index in [1.165, 1.54) is 25.7 Å². The van der Waals surface area contributed by atoms with Gasteiger partial charge < -0.3 is 9.47 Å². The normalized spacial score (nSPS) is 11.0. The largest absolute Gasteiger partial charge is 0.426 e. The lowest BCUT2D eigenvalue weighted by Gasteiger charge is -2.18. The molecule has 0 aliphatic carbocycles. The third-order valence-corrected chi connectivity index (χ3v) is 6.06. The van der Waals surface area contributed by atoms with Crippen molar-refractivity contribution in [1.29, 1.82) is 0 Å². The number of ether oxygens (including phenoxy) is 2. The molecule has 0 spiro atoms. The first kappa shape index (κ1) is 25.9. The van der Waals surface area contributed by atoms with E-state index in [-0.39, 0.29) is 11.9 Å². The standard InChI is InChI=1S/C28H40O4/c1-5-7-9-11-13-19-25(29)31-27-21(3)22(4)28(24-18-16-15-17-23(24)27)32-26(30)20-14-12-10-8-6-2/h15-18H,5-14,19-20H2,1-4H3. The second kappa shape index (κ2) is 13.9. The molecule has 32 heavy (non-hydrogen) atoms. The summed E-state index contributed by atoms with van der Waals surface area (Å²) in [4.78, 5) is 25.0. The molecule has 4 nitrogen and oxygen atoms in total. The predicted octanol–water partition coefficient (Wildman–Crippen LogP) is 7.99. The molecule has 0 atom stereocenters. The Bertz CT molecular complexity index is 812. The Balaban J connectivity index is 2.13. The van der Waals surface area contributed by atoms with Crippen LogP contribution < -0.4 is 9.47 Å². The van der Waals surface area contributed by atoms with Gasteiger partial charge in [-0.2, -0.15) is 0 Å². The molecule has 0 unspecified atom stereocenters. The number of hydrogen-bond acceptors (Lipinski definition) is 4. The highest BCUT2D eigenvalue weighted by Gasteiger charge is 2.20. The molecule has 0 aliphatic rings. The summed E-state index contributed by atoms with van der Waals surface area (Å²) in [5, 5.41) is 1.61. The third-order valence-electron chi connectivity index (χ3n) is 6.06. The van der Waals surface area contributed by atoms with Crippen LogP contribution in [0.1, 0.15) is 102 Å². The second-order valence-electron chi connectivity index (χ2n) is 8.73. The van der Waals surface area contributed by atoms with Crippen LogP contribution in [0.5, 0.6) is 11.5 Å². The lowest BCUT2D eigenvalue weighted by molar-refractivity contribution is -0.135. The van der Waals surface area contributed by atoms with Gasteiger partial charge in [0.25, 0.3) is 0 Å². The van der Waals surface area contributed by atoms with Gasteiger partial charge in [0.2, 0.25) is 0 Å². The summed E-state index contributed by atoms with van der Waals surface area (Å²) in [5.41, 5.74) is 1.68. The van der Waals surface area contributed by atoms with Crippen LogP contribution in [-0.2, 0) is 9.59 Å². The molecule has 0 N–H and O–H groups in total. The molecule has 0 fully saturated rings. The van der Waals surface area contributed by atoms with Crippen LogP contribution in [-0.4, -0.2) is 11.9 Å². The lowest BCUT2D eigenvalue weighted by atomic mass is 9.99. The maximum absolute atomic E-state index is 12.5. The molecule has 0 saturated carbocycles. The van der Waals surface area contributed by atoms with Gasteiger partial charge in [0, 0.05) is 23.6 Å². The second-order valence-corrected chi connectivity index (χ2v) is 8.73.